The number of sulfonamides is 1. The molecule has 4 saturated heterocycles. The number of Topliss-reactive ketones (excluding diaryl/α,β-unsaturated/α-hetero) is 3. The second kappa shape index (κ2) is 55.6. The van der Waals surface area contributed by atoms with Gasteiger partial charge in [0.2, 0.25) is 57.3 Å². The van der Waals surface area contributed by atoms with Gasteiger partial charge in [0.05, 0.1) is 35.2 Å². The van der Waals surface area contributed by atoms with E-state index in [9.17, 15) is 96.3 Å². The Labute approximate surface area is 879 Å². The zero-order chi connectivity index (χ0) is 109. The predicted octanol–water partition coefficient (Wildman–Crippen LogP) is 6.54. The maximum Gasteiger partial charge on any atom is 0.329 e. The molecule has 6 aromatic rings. The minimum absolute atomic E-state index is 0.00196. The number of carbonyl (C=O) groups is 13. The van der Waals surface area contributed by atoms with Gasteiger partial charge in [-0.1, -0.05) is 37.3 Å². The number of carbonyl (C=O) groups excluding carboxylic acids is 12. The number of unbranched alkanes of at least 4 members (excludes halogenated alkanes) is 4. The van der Waals surface area contributed by atoms with E-state index in [1.165, 1.54) is 56.0 Å². The SMILES string of the molecule is CC(=O)C(NC(=O)CCn1nccc1C)C1(O)CCN(C(=O)CCCCc2ccc3c(n2)NCCC3)CC1.CC(=O)C(NC(=O)CNS(C)(=O)=O)C1(O)CCN(C(=O)CCCCc2ccc3c(n2)NCCC3)CC1.CC(=O)NC(C)(C)CC(=O)NC(C(C)=O)C1(O)CCN(C(=O)CCCCc2ccc3c(n2)NCCC3)CC1.CCc1cccc(C(=O)NC(C(=O)O)C2(O)CCN(C(=O)CCCCc3ccc4c(n3)NCCC4)CC2)n1. The average Bonchev–Trinajstić information content (AvgIpc) is 0.825. The van der Waals surface area contributed by atoms with E-state index < -0.39 is 98.2 Å². The molecule has 0 spiro atoms. The summed E-state index contributed by atoms with van der Waals surface area (Å²) in [5.74, 6) is -0.722. The molecule has 0 aliphatic carbocycles. The average molecular weight is 2100 g/mol. The smallest absolute Gasteiger partial charge is 0.329 e. The van der Waals surface area contributed by atoms with E-state index in [1.54, 1.807) is 56.5 Å². The molecular weight excluding hydrogens is 1940 g/mol. The number of amides is 9. The molecule has 6 aromatic heterocycles. The van der Waals surface area contributed by atoms with Crippen LogP contribution in [0.15, 0.2) is 79.0 Å². The molecule has 0 bridgehead atoms. The van der Waals surface area contributed by atoms with Crippen molar-refractivity contribution < 1.29 is 96.3 Å². The van der Waals surface area contributed by atoms with Crippen LogP contribution in [0.1, 0.15) is 282 Å². The Hall–Kier alpha value is -12.4. The van der Waals surface area contributed by atoms with Crippen LogP contribution in [-0.2, 0) is 132 Å². The number of aliphatic hydroxyl groups is 4. The first-order valence-electron chi connectivity index (χ1n) is 53.4. The van der Waals surface area contributed by atoms with Crippen LogP contribution in [0.25, 0.3) is 0 Å². The Kier molecular flexibility index (Phi) is 43.7. The van der Waals surface area contributed by atoms with Crippen LogP contribution in [0.5, 0.6) is 0 Å². The number of aliphatic carboxylic acids is 1. The number of aryl methyl sites for hydroxylation is 11. The van der Waals surface area contributed by atoms with Crippen LogP contribution in [0.3, 0.4) is 0 Å². The fraction of sp³-hybridized carbons (Fsp3) is 0.620. The van der Waals surface area contributed by atoms with Gasteiger partial charge in [0.1, 0.15) is 47.1 Å². The summed E-state index contributed by atoms with van der Waals surface area (Å²) in [5.41, 5.74) is 4.18. The van der Waals surface area contributed by atoms with Crippen LogP contribution in [0, 0.1) is 6.92 Å². The monoisotopic (exact) mass is 2100 g/mol. The maximum atomic E-state index is 12.8. The fourth-order valence-corrected chi connectivity index (χ4v) is 21.0. The number of carboxylic acids is 1. The van der Waals surface area contributed by atoms with Crippen LogP contribution in [0.4, 0.5) is 23.3 Å². The molecule has 15 N–H and O–H groups in total. The lowest BCUT2D eigenvalue weighted by molar-refractivity contribution is -0.152. The molecule has 0 saturated carbocycles. The summed E-state index contributed by atoms with van der Waals surface area (Å²) in [7, 11) is -3.57. The van der Waals surface area contributed by atoms with Crippen molar-refractivity contribution in [3.63, 3.8) is 0 Å². The second-order valence-corrected chi connectivity index (χ2v) is 43.7. The van der Waals surface area contributed by atoms with Gasteiger partial charge in [-0.3, -0.25) is 62.2 Å². The topological polar surface area (TPSA) is 573 Å². The molecule has 8 aliphatic rings. The summed E-state index contributed by atoms with van der Waals surface area (Å²) in [6, 6.07) is 18.9. The molecule has 42 heteroatoms. The number of anilines is 4. The summed E-state index contributed by atoms with van der Waals surface area (Å²) >= 11 is 0. The number of ketones is 3. The van der Waals surface area contributed by atoms with Gasteiger partial charge in [0, 0.05) is 176 Å². The molecule has 9 amide bonds. The van der Waals surface area contributed by atoms with Crippen LogP contribution in [0.2, 0.25) is 0 Å². The third kappa shape index (κ3) is 35.6. The molecule has 14 rings (SSSR count). The Bertz CT molecular complexity index is 5790. The summed E-state index contributed by atoms with van der Waals surface area (Å²) in [4.78, 5) is 191. The molecule has 41 nitrogen and oxygen atoms in total. The van der Waals surface area contributed by atoms with Gasteiger partial charge in [-0.15, -0.1) is 0 Å². The quantitative estimate of drug-likeness (QED) is 0.0181. The lowest BCUT2D eigenvalue weighted by Gasteiger charge is -2.42. The van der Waals surface area contributed by atoms with Crippen LogP contribution >= 0.6 is 0 Å². The number of fused-ring (bicyclic) bond motifs is 4. The van der Waals surface area contributed by atoms with Gasteiger partial charge < -0.3 is 93.0 Å². The van der Waals surface area contributed by atoms with Crippen molar-refractivity contribution in [3.05, 3.63) is 141 Å². The van der Waals surface area contributed by atoms with Crippen molar-refractivity contribution in [2.45, 2.75) is 339 Å². The van der Waals surface area contributed by atoms with E-state index in [0.717, 1.165) is 213 Å². The van der Waals surface area contributed by atoms with Crippen molar-refractivity contribution in [3.8, 4) is 0 Å². The fourth-order valence-electron chi connectivity index (χ4n) is 20.6. The van der Waals surface area contributed by atoms with Gasteiger partial charge in [0.15, 0.2) is 23.4 Å². The number of pyridine rings is 5. The molecular formula is C108H157N21O20S. The van der Waals surface area contributed by atoms with E-state index in [1.807, 2.05) is 19.9 Å². The van der Waals surface area contributed by atoms with Gasteiger partial charge >= 0.3 is 5.97 Å². The number of piperidine rings is 4. The number of hydrogen-bond donors (Lipinski definition) is 15. The minimum Gasteiger partial charge on any atom is -0.480 e. The van der Waals surface area contributed by atoms with Gasteiger partial charge in [-0.2, -0.15) is 5.10 Å². The highest BCUT2D eigenvalue weighted by Crippen LogP contribution is 2.35. The molecule has 150 heavy (non-hydrogen) atoms. The highest BCUT2D eigenvalue weighted by atomic mass is 32.2. The molecule has 0 aromatic carbocycles. The zero-order valence-corrected chi connectivity index (χ0v) is 89.5. The van der Waals surface area contributed by atoms with E-state index in [0.29, 0.717) is 70.5 Å². The number of nitrogens with zero attached hydrogens (tertiary/aromatic N) is 11. The Morgan fingerprint density at radius 1 is 0.420 bits per heavy atom. The summed E-state index contributed by atoms with van der Waals surface area (Å²) in [6.07, 6.45) is 24.7. The molecule has 820 valence electrons. The van der Waals surface area contributed by atoms with E-state index >= 15 is 0 Å². The Morgan fingerprint density at radius 2 is 0.753 bits per heavy atom. The summed E-state index contributed by atoms with van der Waals surface area (Å²) < 4.78 is 26.2. The molecule has 4 atom stereocenters. The van der Waals surface area contributed by atoms with E-state index in [-0.39, 0.29) is 143 Å². The summed E-state index contributed by atoms with van der Waals surface area (Å²) in [6.45, 7) is 18.7. The standard InChI is InChI=1S/C28H40N6O4.C28H37N5O5.C28H43N5O5.C24H37N5O6S/c1-20-11-16-30-34(20)17-12-24(36)32-26(21(2)35)28(38)13-18-33(19-14-28)25(37)8-4-3-7-23-10-9-22-6-5-15-29-27(22)31-23;1-2-20-9-5-10-22(30-20)26(35)32-24(27(36)37)28(38)14-17-33(18-15-28)23(34)11-4-3-8-21-13-12-19-7-6-16-29-25(19)31-21;1-19(34)25(31-23(36)18-27(3,4)32-20(2)35)28(38)13-16-33(17-14-28)24(37)10-6-5-9-22-12-11-21-8-7-15-29-26(21)30-22;1-17(30)22(28-20(31)16-26-36(2,34)35)24(33)11-14-29(15-12-24)21(32)8-4-3-7-19-10-9-18-6-5-13-25-23(18)27-19/h9-11,16,26,38H,3-8,12-15,17-19H2,1-2H3,(H,29,31)(H,32,36);5,9-10,12-13,24,38H,2-4,6-8,11,14-18H2,1H3,(H,29,31)(H,32,35)(H,36,37);11-12,25,38H,5-10,13-18H2,1-4H3,(H,29,30)(H,31,36)(H,32,35);9-10,22,26,33H,3-8,11-16H2,1-2H3,(H,25,27)(H,28,31). The molecule has 14 heterocycles. The first-order chi connectivity index (χ1) is 71.4. The van der Waals surface area contributed by atoms with E-state index in [2.05, 4.69) is 116 Å². The van der Waals surface area contributed by atoms with Crippen LogP contribution in [-0.4, -0.2) is 308 Å². The third-order valence-electron chi connectivity index (χ3n) is 29.3. The number of likely N-dealkylation sites (tertiary alicyclic amines) is 4. The Balaban J connectivity index is 0.000000190. The second-order valence-electron chi connectivity index (χ2n) is 41.9. The van der Waals surface area contributed by atoms with Gasteiger partial charge in [-0.05, 0) is 292 Å². The van der Waals surface area contributed by atoms with E-state index in [4.69, 9.17) is 15.0 Å². The number of rotatable bonds is 43. The number of aromatic nitrogens is 7. The Morgan fingerprint density at radius 3 is 1.06 bits per heavy atom. The third-order valence-corrected chi connectivity index (χ3v) is 30.0. The van der Waals surface area contributed by atoms with Crippen molar-refractivity contribution in [1.82, 2.24) is 85.6 Å². The first kappa shape index (κ1) is 118. The first-order valence-corrected chi connectivity index (χ1v) is 55.3. The highest BCUT2D eigenvalue weighted by Gasteiger charge is 2.49. The number of hydrogen-bond acceptors (Lipinski definition) is 29. The largest absolute Gasteiger partial charge is 0.480 e. The lowest BCUT2D eigenvalue weighted by atomic mass is 9.82. The number of carboxylic acid groups (broad SMARTS) is 1. The number of nitrogens with one attached hydrogen (secondary N) is 10. The van der Waals surface area contributed by atoms with Crippen LogP contribution < -0.4 is 52.6 Å². The highest BCUT2D eigenvalue weighted by molar-refractivity contribution is 7.88. The maximum absolute atomic E-state index is 12.8. The van der Waals surface area contributed by atoms with Gasteiger partial charge in [-0.25, -0.2) is 42.9 Å². The van der Waals surface area contributed by atoms with Crippen molar-refractivity contribution in [1.29, 1.82) is 0 Å². The normalized spacial score (nSPS) is 17.5. The minimum atomic E-state index is -3.57. The summed E-state index contributed by atoms with van der Waals surface area (Å²) in [5, 5.41) is 85.1. The molecule has 0 radical (unpaired) electrons. The van der Waals surface area contributed by atoms with Crippen molar-refractivity contribution >= 4 is 110 Å². The molecule has 4 fully saturated rings. The zero-order valence-electron chi connectivity index (χ0n) is 88.7. The lowest BCUT2D eigenvalue weighted by Crippen LogP contribution is -2.61. The molecule has 8 aliphatic heterocycles. The predicted molar refractivity (Wildman–Crippen MR) is 565 cm³/mol. The van der Waals surface area contributed by atoms with Crippen molar-refractivity contribution in [2.24, 2.45) is 0 Å². The van der Waals surface area contributed by atoms with Crippen molar-refractivity contribution in [2.75, 3.05) is 113 Å². The molecule has 4 unspecified atom stereocenters. The van der Waals surface area contributed by atoms with Gasteiger partial charge in [0.25, 0.3) is 5.91 Å².